The lowest BCUT2D eigenvalue weighted by Crippen LogP contribution is -2.33. The predicted molar refractivity (Wildman–Crippen MR) is 76.0 cm³/mol. The summed E-state index contributed by atoms with van der Waals surface area (Å²) in [5.41, 5.74) is 5.45. The smallest absolute Gasteiger partial charge is 0.204 e. The van der Waals surface area contributed by atoms with E-state index in [1.54, 1.807) is 11.3 Å². The Morgan fingerprint density at radius 3 is 3.17 bits per heavy atom. The fourth-order valence-electron chi connectivity index (χ4n) is 2.70. The molecule has 2 aliphatic carbocycles. The molecule has 0 unspecified atom stereocenters. The van der Waals surface area contributed by atoms with Crippen molar-refractivity contribution in [1.29, 1.82) is 0 Å². The first kappa shape index (κ1) is 10.3. The van der Waals surface area contributed by atoms with E-state index in [0.29, 0.717) is 5.92 Å². The maximum absolute atomic E-state index is 4.51. The Bertz CT molecular complexity index is 623. The summed E-state index contributed by atoms with van der Waals surface area (Å²) in [5.74, 6) is 1.41. The summed E-state index contributed by atoms with van der Waals surface area (Å²) >= 11 is 1.65. The van der Waals surface area contributed by atoms with Gasteiger partial charge in [-0.05, 0) is 30.9 Å². The first-order chi connectivity index (χ1) is 8.90. The number of para-hydroxylation sites is 1. The third-order valence-corrected chi connectivity index (χ3v) is 4.69. The highest BCUT2D eigenvalue weighted by molar-refractivity contribution is 7.22. The van der Waals surface area contributed by atoms with Crippen LogP contribution in [0.5, 0.6) is 0 Å². The fraction of sp³-hybridized carbons (Fsp3) is 0.286. The second-order valence-corrected chi connectivity index (χ2v) is 5.87. The zero-order valence-corrected chi connectivity index (χ0v) is 10.7. The van der Waals surface area contributed by atoms with Gasteiger partial charge in [-0.2, -0.15) is 5.10 Å². The molecule has 1 saturated carbocycles. The van der Waals surface area contributed by atoms with Crippen molar-refractivity contribution in [3.8, 4) is 0 Å². The van der Waals surface area contributed by atoms with Crippen molar-refractivity contribution in [2.45, 2.75) is 12.8 Å². The summed E-state index contributed by atoms with van der Waals surface area (Å²) in [7, 11) is 0. The van der Waals surface area contributed by atoms with Gasteiger partial charge < -0.3 is 0 Å². The number of hydrogen-bond donors (Lipinski definition) is 1. The van der Waals surface area contributed by atoms with E-state index in [1.165, 1.54) is 10.4 Å². The number of hydrogen-bond acceptors (Lipinski definition) is 4. The van der Waals surface area contributed by atoms with Crippen molar-refractivity contribution in [3.63, 3.8) is 0 Å². The number of nitrogens with one attached hydrogen (secondary N) is 1. The standard InChI is InChI=1S/C14H13N3S/c1-2-7-13-11(6-1)15-14(18-13)17-16-12-8-9-4-3-5-10(9)12/h1-4,6-7,9-10H,5,8H2,(H,15,17)/b16-12+/t9-,10+/m0/s1. The summed E-state index contributed by atoms with van der Waals surface area (Å²) in [4.78, 5) is 4.51. The Labute approximate surface area is 109 Å². The van der Waals surface area contributed by atoms with Crippen molar-refractivity contribution in [3.05, 3.63) is 36.4 Å². The van der Waals surface area contributed by atoms with Gasteiger partial charge in [0.2, 0.25) is 5.13 Å². The molecule has 3 nitrogen and oxygen atoms in total. The number of anilines is 1. The third kappa shape index (κ3) is 1.56. The number of allylic oxidation sites excluding steroid dienone is 2. The van der Waals surface area contributed by atoms with Crippen molar-refractivity contribution < 1.29 is 0 Å². The van der Waals surface area contributed by atoms with Crippen LogP contribution in [0, 0.1) is 11.8 Å². The molecule has 0 saturated heterocycles. The molecule has 18 heavy (non-hydrogen) atoms. The highest BCUT2D eigenvalue weighted by Crippen LogP contribution is 2.40. The van der Waals surface area contributed by atoms with Gasteiger partial charge in [-0.3, -0.25) is 5.43 Å². The minimum Gasteiger partial charge on any atom is -0.253 e. The van der Waals surface area contributed by atoms with Crippen LogP contribution in [0.15, 0.2) is 41.5 Å². The lowest BCUT2D eigenvalue weighted by atomic mass is 9.74. The number of rotatable bonds is 2. The largest absolute Gasteiger partial charge is 0.253 e. The average molecular weight is 255 g/mol. The maximum atomic E-state index is 4.51. The lowest BCUT2D eigenvalue weighted by Gasteiger charge is -2.31. The summed E-state index contributed by atoms with van der Waals surface area (Å²) < 4.78 is 1.20. The molecular formula is C14H13N3S. The Hall–Kier alpha value is -1.68. The Balaban J connectivity index is 1.53. The van der Waals surface area contributed by atoms with E-state index in [0.717, 1.165) is 29.4 Å². The van der Waals surface area contributed by atoms with E-state index in [9.17, 15) is 0 Å². The molecule has 0 radical (unpaired) electrons. The van der Waals surface area contributed by atoms with Crippen LogP contribution in [0.1, 0.15) is 12.8 Å². The molecule has 0 amide bonds. The highest BCUT2D eigenvalue weighted by atomic mass is 32.1. The molecule has 1 heterocycles. The van der Waals surface area contributed by atoms with Gasteiger partial charge in [0.1, 0.15) is 0 Å². The third-order valence-electron chi connectivity index (χ3n) is 3.75. The molecule has 2 atom stereocenters. The van der Waals surface area contributed by atoms with E-state index in [2.05, 4.69) is 33.7 Å². The van der Waals surface area contributed by atoms with Crippen LogP contribution in [0.25, 0.3) is 10.2 Å². The Morgan fingerprint density at radius 1 is 1.33 bits per heavy atom. The molecule has 1 fully saturated rings. The van der Waals surface area contributed by atoms with Crippen LogP contribution in [0.2, 0.25) is 0 Å². The van der Waals surface area contributed by atoms with Gasteiger partial charge in [0.15, 0.2) is 0 Å². The van der Waals surface area contributed by atoms with Gasteiger partial charge in [-0.15, -0.1) is 0 Å². The fourth-order valence-corrected chi connectivity index (χ4v) is 3.51. The van der Waals surface area contributed by atoms with Crippen molar-refractivity contribution in [2.24, 2.45) is 16.9 Å². The topological polar surface area (TPSA) is 37.3 Å². The Morgan fingerprint density at radius 2 is 2.28 bits per heavy atom. The summed E-state index contributed by atoms with van der Waals surface area (Å²) in [5, 5.41) is 5.40. The minimum absolute atomic E-state index is 0.659. The Kier molecular flexibility index (Phi) is 2.23. The van der Waals surface area contributed by atoms with Gasteiger partial charge in [-0.25, -0.2) is 4.98 Å². The summed E-state index contributed by atoms with van der Waals surface area (Å²) in [6.07, 6.45) is 6.86. The number of hydrazone groups is 1. The molecule has 90 valence electrons. The first-order valence-corrected chi connectivity index (χ1v) is 7.06. The normalized spacial score (nSPS) is 27.4. The molecule has 0 aliphatic heterocycles. The molecule has 2 aromatic rings. The molecule has 0 spiro atoms. The van der Waals surface area contributed by atoms with Crippen molar-refractivity contribution >= 4 is 32.4 Å². The highest BCUT2D eigenvalue weighted by Gasteiger charge is 2.37. The number of fused-ring (bicyclic) bond motifs is 2. The number of benzene rings is 1. The maximum Gasteiger partial charge on any atom is 0.204 e. The van der Waals surface area contributed by atoms with Gasteiger partial charge in [0, 0.05) is 11.6 Å². The van der Waals surface area contributed by atoms with Crippen LogP contribution in [-0.4, -0.2) is 10.7 Å². The van der Waals surface area contributed by atoms with Crippen LogP contribution in [0.4, 0.5) is 5.13 Å². The molecule has 1 aromatic carbocycles. The van der Waals surface area contributed by atoms with E-state index in [-0.39, 0.29) is 0 Å². The molecule has 1 N–H and O–H groups in total. The zero-order valence-electron chi connectivity index (χ0n) is 9.84. The summed E-state index contributed by atoms with van der Waals surface area (Å²) in [6.45, 7) is 0. The SMILES string of the molecule is C1=C[C@H]2C/C(=N\Nc3nc4ccccc4s3)[C@@H]2C1. The molecule has 4 heteroatoms. The molecular weight excluding hydrogens is 242 g/mol. The van der Waals surface area contributed by atoms with E-state index >= 15 is 0 Å². The van der Waals surface area contributed by atoms with Gasteiger partial charge in [0.25, 0.3) is 0 Å². The average Bonchev–Trinajstić information content (AvgIpc) is 2.93. The van der Waals surface area contributed by atoms with E-state index in [4.69, 9.17) is 0 Å². The minimum atomic E-state index is 0.659. The summed E-state index contributed by atoms with van der Waals surface area (Å²) in [6, 6.07) is 8.17. The van der Waals surface area contributed by atoms with Gasteiger partial charge in [-0.1, -0.05) is 35.6 Å². The molecule has 4 rings (SSSR count). The lowest BCUT2D eigenvalue weighted by molar-refractivity contribution is 0.466. The van der Waals surface area contributed by atoms with Crippen LogP contribution < -0.4 is 5.43 Å². The van der Waals surface area contributed by atoms with Gasteiger partial charge >= 0.3 is 0 Å². The zero-order chi connectivity index (χ0) is 11.9. The monoisotopic (exact) mass is 255 g/mol. The number of thiazole rings is 1. The molecule has 0 bridgehead atoms. The quantitative estimate of drug-likeness (QED) is 0.657. The number of nitrogens with zero attached hydrogens (tertiary/aromatic N) is 2. The first-order valence-electron chi connectivity index (χ1n) is 6.25. The second kappa shape index (κ2) is 3.92. The van der Waals surface area contributed by atoms with E-state index in [1.807, 2.05) is 18.2 Å². The van der Waals surface area contributed by atoms with Crippen LogP contribution in [0.3, 0.4) is 0 Å². The predicted octanol–water partition coefficient (Wildman–Crippen LogP) is 3.66. The van der Waals surface area contributed by atoms with Crippen molar-refractivity contribution in [2.75, 3.05) is 5.43 Å². The molecule has 1 aromatic heterocycles. The van der Waals surface area contributed by atoms with E-state index < -0.39 is 0 Å². The molecule has 2 aliphatic rings. The van der Waals surface area contributed by atoms with Gasteiger partial charge in [0.05, 0.1) is 10.2 Å². The number of aromatic nitrogens is 1. The van der Waals surface area contributed by atoms with Crippen molar-refractivity contribution in [1.82, 2.24) is 4.98 Å². The van der Waals surface area contributed by atoms with Crippen LogP contribution in [-0.2, 0) is 0 Å². The van der Waals surface area contributed by atoms with Crippen LogP contribution >= 0.6 is 11.3 Å². The second-order valence-electron chi connectivity index (χ2n) is 4.84.